The van der Waals surface area contributed by atoms with Gasteiger partial charge < -0.3 is 9.47 Å². The van der Waals surface area contributed by atoms with Crippen LogP contribution in [-0.4, -0.2) is 13.9 Å². The first-order valence-corrected chi connectivity index (χ1v) is 7.65. The summed E-state index contributed by atoms with van der Waals surface area (Å²) in [7, 11) is 1.63. The summed E-state index contributed by atoms with van der Waals surface area (Å²) in [5.41, 5.74) is 1.84. The minimum Gasteiger partial charge on any atom is -0.466 e. The third-order valence-corrected chi connectivity index (χ3v) is 3.86. The molecule has 0 saturated carbocycles. The Labute approximate surface area is 131 Å². The fourth-order valence-corrected chi connectivity index (χ4v) is 3.26. The second-order valence-corrected chi connectivity index (χ2v) is 7.98. The number of benzene rings is 1. The molecule has 1 aromatic carbocycles. The molecule has 19 heavy (non-hydrogen) atoms. The average molecular weight is 376 g/mol. The van der Waals surface area contributed by atoms with Gasteiger partial charge in [-0.05, 0) is 57.5 Å². The van der Waals surface area contributed by atoms with Crippen LogP contribution in [-0.2, 0) is 10.2 Å². The Morgan fingerprint density at radius 2 is 1.74 bits per heavy atom. The van der Waals surface area contributed by atoms with Crippen LogP contribution in [0.25, 0.3) is 0 Å². The van der Waals surface area contributed by atoms with Gasteiger partial charge in [-0.25, -0.2) is 0 Å². The lowest BCUT2D eigenvalue weighted by Gasteiger charge is -2.33. The molecule has 0 aromatic heterocycles. The van der Waals surface area contributed by atoms with Crippen LogP contribution >= 0.6 is 22.6 Å². The monoisotopic (exact) mass is 376 g/mol. The molecular weight excluding hydrogens is 351 g/mol. The van der Waals surface area contributed by atoms with Crippen molar-refractivity contribution in [3.05, 3.63) is 27.3 Å². The first-order chi connectivity index (χ1) is 8.65. The zero-order valence-corrected chi connectivity index (χ0v) is 15.0. The van der Waals surface area contributed by atoms with E-state index in [1.165, 1.54) is 5.56 Å². The predicted octanol–water partition coefficient (Wildman–Crippen LogP) is 4.99. The Morgan fingerprint density at radius 3 is 2.21 bits per heavy atom. The molecule has 0 unspecified atom stereocenters. The van der Waals surface area contributed by atoms with Gasteiger partial charge >= 0.3 is 0 Å². The van der Waals surface area contributed by atoms with Crippen LogP contribution in [0.5, 0.6) is 5.75 Å². The Hall–Kier alpha value is -0.290. The summed E-state index contributed by atoms with van der Waals surface area (Å²) >= 11 is 2.32. The van der Waals surface area contributed by atoms with Crippen LogP contribution in [0.2, 0.25) is 0 Å². The van der Waals surface area contributed by atoms with Crippen molar-refractivity contribution in [3.63, 3.8) is 0 Å². The van der Waals surface area contributed by atoms with Gasteiger partial charge in [0.25, 0.3) is 0 Å². The van der Waals surface area contributed by atoms with Gasteiger partial charge in [0.05, 0.1) is 3.57 Å². The second-order valence-electron chi connectivity index (χ2n) is 6.82. The molecule has 0 aliphatic heterocycles. The Bertz CT molecular complexity index is 419. The molecule has 1 rings (SSSR count). The molecule has 0 heterocycles. The molecule has 0 radical (unpaired) electrons. The molecule has 1 aromatic rings. The summed E-state index contributed by atoms with van der Waals surface area (Å²) in [6.07, 6.45) is 1.15. The van der Waals surface area contributed by atoms with E-state index < -0.39 is 0 Å². The third-order valence-electron chi connectivity index (χ3n) is 3.02. The van der Waals surface area contributed by atoms with E-state index in [4.69, 9.17) is 9.47 Å². The number of halogens is 1. The molecule has 0 spiro atoms. The topological polar surface area (TPSA) is 18.5 Å². The molecule has 108 valence electrons. The maximum absolute atomic E-state index is 5.52. The lowest BCUT2D eigenvalue weighted by molar-refractivity contribution is 0.0505. The lowest BCUT2D eigenvalue weighted by Crippen LogP contribution is -2.24. The van der Waals surface area contributed by atoms with Crippen molar-refractivity contribution in [2.45, 2.75) is 46.5 Å². The summed E-state index contributed by atoms with van der Waals surface area (Å²) in [5, 5.41) is 0. The zero-order chi connectivity index (χ0) is 14.7. The van der Waals surface area contributed by atoms with Crippen LogP contribution in [0.3, 0.4) is 0 Å². The van der Waals surface area contributed by atoms with Gasteiger partial charge in [-0.3, -0.25) is 0 Å². The Morgan fingerprint density at radius 1 is 1.11 bits per heavy atom. The van der Waals surface area contributed by atoms with Crippen molar-refractivity contribution in [1.29, 1.82) is 0 Å². The van der Waals surface area contributed by atoms with Crippen LogP contribution in [0.1, 0.15) is 46.6 Å². The normalized spacial score (nSPS) is 12.6. The molecule has 3 heteroatoms. The van der Waals surface area contributed by atoms with E-state index in [1.54, 1.807) is 7.11 Å². The number of methoxy groups -OCH3 is 1. The van der Waals surface area contributed by atoms with Gasteiger partial charge in [-0.15, -0.1) is 0 Å². The minimum absolute atomic E-state index is 0.165. The first-order valence-electron chi connectivity index (χ1n) is 6.57. The fourth-order valence-electron chi connectivity index (χ4n) is 2.59. The maximum Gasteiger partial charge on any atom is 0.188 e. The predicted molar refractivity (Wildman–Crippen MR) is 88.8 cm³/mol. The van der Waals surface area contributed by atoms with Crippen LogP contribution < -0.4 is 4.74 Å². The van der Waals surface area contributed by atoms with Crippen LogP contribution in [0.15, 0.2) is 18.2 Å². The van der Waals surface area contributed by atoms with Gasteiger partial charge in [0.2, 0.25) is 0 Å². The van der Waals surface area contributed by atoms with Crippen molar-refractivity contribution >= 4 is 22.6 Å². The van der Waals surface area contributed by atoms with E-state index in [0.29, 0.717) is 12.2 Å². The van der Waals surface area contributed by atoms with E-state index in [9.17, 15) is 0 Å². The molecule has 0 aliphatic rings. The van der Waals surface area contributed by atoms with Crippen molar-refractivity contribution in [1.82, 2.24) is 0 Å². The molecule has 0 saturated heterocycles. The van der Waals surface area contributed by atoms with Crippen molar-refractivity contribution in [2.75, 3.05) is 13.9 Å². The van der Waals surface area contributed by atoms with Gasteiger partial charge in [0, 0.05) is 7.11 Å². The molecule has 0 aliphatic carbocycles. The second kappa shape index (κ2) is 6.44. The number of hydrogen-bond donors (Lipinski definition) is 0. The Balaban J connectivity index is 2.93. The quantitative estimate of drug-likeness (QED) is 0.533. The molecule has 0 N–H and O–H groups in total. The van der Waals surface area contributed by atoms with Crippen LogP contribution in [0.4, 0.5) is 0 Å². The highest BCUT2D eigenvalue weighted by Gasteiger charge is 2.27. The first kappa shape index (κ1) is 16.8. The summed E-state index contributed by atoms with van der Waals surface area (Å²) in [6, 6.07) is 6.43. The zero-order valence-electron chi connectivity index (χ0n) is 12.8. The summed E-state index contributed by atoms with van der Waals surface area (Å²) in [5.74, 6) is 0.887. The fraction of sp³-hybridized carbons (Fsp3) is 0.625. The van der Waals surface area contributed by atoms with Crippen molar-refractivity contribution in [2.24, 2.45) is 5.41 Å². The average Bonchev–Trinajstić information content (AvgIpc) is 2.24. The van der Waals surface area contributed by atoms with Gasteiger partial charge in [-0.1, -0.05) is 40.7 Å². The summed E-state index contributed by atoms with van der Waals surface area (Å²) < 4.78 is 11.6. The molecule has 0 amide bonds. The van der Waals surface area contributed by atoms with Gasteiger partial charge in [-0.2, -0.15) is 0 Å². The molecule has 2 nitrogen and oxygen atoms in total. The van der Waals surface area contributed by atoms with Crippen molar-refractivity contribution in [3.8, 4) is 5.75 Å². The SMILES string of the molecule is COCOc1ccc(C(C)(C)CC(C)(C)C)cc1I. The smallest absolute Gasteiger partial charge is 0.188 e. The van der Waals surface area contributed by atoms with Gasteiger partial charge in [0.15, 0.2) is 6.79 Å². The van der Waals surface area contributed by atoms with E-state index in [0.717, 1.165) is 15.7 Å². The van der Waals surface area contributed by atoms with Crippen molar-refractivity contribution < 1.29 is 9.47 Å². The van der Waals surface area contributed by atoms with E-state index in [-0.39, 0.29) is 5.41 Å². The highest BCUT2D eigenvalue weighted by atomic mass is 127. The molecular formula is C16H25IO2. The standard InChI is InChI=1S/C16H25IO2/c1-15(2,3)10-16(4,5)12-7-8-14(13(17)9-12)19-11-18-6/h7-9H,10-11H2,1-6H3. The van der Waals surface area contributed by atoms with E-state index in [2.05, 4.69) is 69.3 Å². The van der Waals surface area contributed by atoms with E-state index in [1.807, 2.05) is 6.07 Å². The molecule has 0 atom stereocenters. The molecule has 0 bridgehead atoms. The van der Waals surface area contributed by atoms with Crippen LogP contribution in [0, 0.1) is 8.99 Å². The lowest BCUT2D eigenvalue weighted by atomic mass is 9.72. The largest absolute Gasteiger partial charge is 0.466 e. The van der Waals surface area contributed by atoms with E-state index >= 15 is 0 Å². The van der Waals surface area contributed by atoms with Gasteiger partial charge in [0.1, 0.15) is 5.75 Å². The number of hydrogen-bond acceptors (Lipinski definition) is 2. The maximum atomic E-state index is 5.52. The minimum atomic E-state index is 0.165. The third kappa shape index (κ3) is 5.30. The Kier molecular flexibility index (Phi) is 5.68. The summed E-state index contributed by atoms with van der Waals surface area (Å²) in [4.78, 5) is 0. The highest BCUT2D eigenvalue weighted by molar-refractivity contribution is 14.1. The summed E-state index contributed by atoms with van der Waals surface area (Å²) in [6.45, 7) is 11.8. The molecule has 0 fully saturated rings. The highest BCUT2D eigenvalue weighted by Crippen LogP contribution is 2.37. The number of rotatable bonds is 5. The number of ether oxygens (including phenoxy) is 2.